The van der Waals surface area contributed by atoms with Crippen LogP contribution < -0.4 is 0 Å². The Balaban J connectivity index is 1.91. The molecular formula is C23H52O8Si4. The van der Waals surface area contributed by atoms with Gasteiger partial charge in [0, 0.05) is 6.61 Å². The fourth-order valence-corrected chi connectivity index (χ4v) is 22.9. The molecule has 4 unspecified atom stereocenters. The summed E-state index contributed by atoms with van der Waals surface area (Å²) in [6.45, 7) is 29.0. The van der Waals surface area contributed by atoms with Crippen LogP contribution in [0.1, 0.15) is 34.1 Å². The summed E-state index contributed by atoms with van der Waals surface area (Å²) in [5.41, 5.74) is 0. The van der Waals surface area contributed by atoms with Gasteiger partial charge in [-0.3, -0.25) is 0 Å². The average molecular weight is 569 g/mol. The van der Waals surface area contributed by atoms with Crippen molar-refractivity contribution in [2.45, 2.75) is 129 Å². The summed E-state index contributed by atoms with van der Waals surface area (Å²) in [7, 11) is -8.21. The molecule has 2 saturated heterocycles. The first-order valence-electron chi connectivity index (χ1n) is 13.0. The highest BCUT2D eigenvalue weighted by atomic mass is 28.5. The predicted molar refractivity (Wildman–Crippen MR) is 148 cm³/mol. The van der Waals surface area contributed by atoms with Gasteiger partial charge < -0.3 is 36.0 Å². The van der Waals surface area contributed by atoms with E-state index in [4.69, 9.17) is 36.0 Å². The molecule has 0 radical (unpaired) electrons. The zero-order valence-electron chi connectivity index (χ0n) is 24.5. The molecule has 0 bridgehead atoms. The summed E-state index contributed by atoms with van der Waals surface area (Å²) in [4.78, 5) is 0. The molecule has 0 N–H and O–H groups in total. The smallest absolute Gasteiger partial charge is 0.315 e. The Morgan fingerprint density at radius 3 is 1.86 bits per heavy atom. The van der Waals surface area contributed by atoms with Gasteiger partial charge in [-0.25, -0.2) is 0 Å². The molecular weight excluding hydrogens is 517 g/mol. The molecule has 2 heterocycles. The number of hydrogen-bond acceptors (Lipinski definition) is 8. The van der Waals surface area contributed by atoms with Crippen molar-refractivity contribution in [2.75, 3.05) is 19.8 Å². The third-order valence-corrected chi connectivity index (χ3v) is 18.9. The first-order chi connectivity index (χ1) is 15.6. The van der Waals surface area contributed by atoms with Crippen LogP contribution in [0.2, 0.25) is 65.0 Å². The molecule has 0 spiro atoms. The van der Waals surface area contributed by atoms with Crippen molar-refractivity contribution in [1.29, 1.82) is 0 Å². The molecule has 0 aromatic heterocycles. The van der Waals surface area contributed by atoms with Gasteiger partial charge in [-0.2, -0.15) is 0 Å². The lowest BCUT2D eigenvalue weighted by molar-refractivity contribution is -0.175. The lowest BCUT2D eigenvalue weighted by Crippen LogP contribution is -2.56. The summed E-state index contributed by atoms with van der Waals surface area (Å²) < 4.78 is 50.1. The van der Waals surface area contributed by atoms with E-state index in [1.54, 1.807) is 0 Å². The summed E-state index contributed by atoms with van der Waals surface area (Å²) in [5.74, 6) is -1.28. The molecule has 0 saturated carbocycles. The highest BCUT2D eigenvalue weighted by molar-refractivity contribution is 6.89. The van der Waals surface area contributed by atoms with Gasteiger partial charge >= 0.3 is 17.1 Å². The van der Waals surface area contributed by atoms with Crippen LogP contribution in [-0.2, 0) is 36.0 Å². The maximum atomic E-state index is 6.76. The van der Waals surface area contributed by atoms with Gasteiger partial charge in [0.15, 0.2) is 28.2 Å². The second-order valence-electron chi connectivity index (χ2n) is 13.2. The molecule has 208 valence electrons. The standard InChI is InChI=1S/C23H52O8Si4/c1-22(2)25-18-20(26-22)21-19(27-23(3,4)28-21)17-24-15-14-16-35(13,30-33(8,9)10)31-34(11,12)29-32(5,6)7/h19-21H,14-18H2,1-13H3. The van der Waals surface area contributed by atoms with Gasteiger partial charge in [0.25, 0.3) is 0 Å². The first kappa shape index (κ1) is 31.8. The summed E-state index contributed by atoms with van der Waals surface area (Å²) >= 11 is 0. The van der Waals surface area contributed by atoms with E-state index in [9.17, 15) is 0 Å². The minimum atomic E-state index is -2.43. The second kappa shape index (κ2) is 11.3. The van der Waals surface area contributed by atoms with Crippen molar-refractivity contribution in [3.05, 3.63) is 0 Å². The van der Waals surface area contributed by atoms with Crippen LogP contribution in [0.25, 0.3) is 0 Å². The summed E-state index contributed by atoms with van der Waals surface area (Å²) in [6, 6.07) is 0.869. The molecule has 0 amide bonds. The van der Waals surface area contributed by atoms with Gasteiger partial charge in [0.1, 0.15) is 18.3 Å². The lowest BCUT2D eigenvalue weighted by Gasteiger charge is -2.41. The normalized spacial score (nSPS) is 28.9. The summed E-state index contributed by atoms with van der Waals surface area (Å²) in [5, 5.41) is 0. The topological polar surface area (TPSA) is 73.8 Å². The van der Waals surface area contributed by atoms with E-state index in [1.165, 1.54) is 0 Å². The van der Waals surface area contributed by atoms with Crippen LogP contribution in [0.3, 0.4) is 0 Å². The highest BCUT2D eigenvalue weighted by Gasteiger charge is 2.50. The van der Waals surface area contributed by atoms with Crippen molar-refractivity contribution in [2.24, 2.45) is 0 Å². The Bertz CT molecular complexity index is 692. The van der Waals surface area contributed by atoms with Crippen molar-refractivity contribution < 1.29 is 36.0 Å². The largest absolute Gasteiger partial charge is 0.437 e. The average Bonchev–Trinajstić information content (AvgIpc) is 3.08. The minimum Gasteiger partial charge on any atom is -0.437 e. The molecule has 2 aliphatic rings. The maximum absolute atomic E-state index is 6.76. The van der Waals surface area contributed by atoms with Crippen LogP contribution in [0.5, 0.6) is 0 Å². The monoisotopic (exact) mass is 568 g/mol. The van der Waals surface area contributed by atoms with Gasteiger partial charge in [-0.15, -0.1) is 0 Å². The van der Waals surface area contributed by atoms with Gasteiger partial charge in [0.05, 0.1) is 13.2 Å². The minimum absolute atomic E-state index is 0.173. The van der Waals surface area contributed by atoms with Gasteiger partial charge in [-0.1, -0.05) is 0 Å². The number of hydrogen-bond donors (Lipinski definition) is 0. The van der Waals surface area contributed by atoms with Crippen molar-refractivity contribution in [3.63, 3.8) is 0 Å². The fraction of sp³-hybridized carbons (Fsp3) is 1.00. The Morgan fingerprint density at radius 2 is 1.34 bits per heavy atom. The third-order valence-electron chi connectivity index (χ3n) is 5.36. The zero-order chi connectivity index (χ0) is 26.9. The molecule has 35 heavy (non-hydrogen) atoms. The van der Waals surface area contributed by atoms with Crippen LogP contribution >= 0.6 is 0 Å². The van der Waals surface area contributed by atoms with E-state index < -0.39 is 45.3 Å². The third kappa shape index (κ3) is 11.4. The van der Waals surface area contributed by atoms with E-state index >= 15 is 0 Å². The van der Waals surface area contributed by atoms with Gasteiger partial charge in [0.2, 0.25) is 0 Å². The van der Waals surface area contributed by atoms with Crippen molar-refractivity contribution in [3.8, 4) is 0 Å². The van der Waals surface area contributed by atoms with E-state index in [0.717, 1.165) is 12.5 Å². The molecule has 4 atom stereocenters. The molecule has 2 aliphatic heterocycles. The number of rotatable bonds is 13. The molecule has 12 heteroatoms. The van der Waals surface area contributed by atoms with E-state index in [2.05, 4.69) is 58.9 Å². The lowest BCUT2D eigenvalue weighted by atomic mass is 10.1. The zero-order valence-corrected chi connectivity index (χ0v) is 28.5. The van der Waals surface area contributed by atoms with Gasteiger partial charge in [-0.05, 0) is 99.1 Å². The quantitative estimate of drug-likeness (QED) is 0.211. The summed E-state index contributed by atoms with van der Waals surface area (Å²) in [6.07, 6.45) is 0.258. The molecule has 0 aromatic rings. The highest BCUT2D eigenvalue weighted by Crippen LogP contribution is 2.36. The maximum Gasteiger partial charge on any atom is 0.315 e. The van der Waals surface area contributed by atoms with Crippen molar-refractivity contribution in [1.82, 2.24) is 0 Å². The van der Waals surface area contributed by atoms with Crippen LogP contribution in [0.15, 0.2) is 0 Å². The van der Waals surface area contributed by atoms with E-state index in [1.807, 2.05) is 27.7 Å². The Hall–Kier alpha value is 0.548. The Labute approximate surface area is 218 Å². The first-order valence-corrected chi connectivity index (χ1v) is 25.1. The molecule has 0 aromatic carbocycles. The van der Waals surface area contributed by atoms with Crippen LogP contribution in [0, 0.1) is 0 Å². The molecule has 2 rings (SSSR count). The van der Waals surface area contributed by atoms with Crippen molar-refractivity contribution >= 4 is 33.8 Å². The molecule has 8 nitrogen and oxygen atoms in total. The molecule has 0 aliphatic carbocycles. The Morgan fingerprint density at radius 1 is 0.743 bits per heavy atom. The van der Waals surface area contributed by atoms with Crippen LogP contribution in [-0.4, -0.2) is 83.5 Å². The second-order valence-corrected chi connectivity index (χ2v) is 29.7. The SMILES string of the molecule is CC1(C)OCC(C2OC(C)(C)OC2COCCC[Si](C)(O[Si](C)(C)C)O[Si](C)(C)O[Si](C)(C)C)O1. The number of ether oxygens (including phenoxy) is 5. The Kier molecular flexibility index (Phi) is 10.3. The fourth-order valence-electron chi connectivity index (χ4n) is 4.93. The van der Waals surface area contributed by atoms with E-state index in [-0.39, 0.29) is 18.3 Å². The van der Waals surface area contributed by atoms with Crippen LogP contribution in [0.4, 0.5) is 0 Å². The predicted octanol–water partition coefficient (Wildman–Crippen LogP) is 5.56. The van der Waals surface area contributed by atoms with E-state index in [0.29, 0.717) is 19.8 Å². The molecule has 2 fully saturated rings.